The van der Waals surface area contributed by atoms with Crippen molar-refractivity contribution in [3.8, 4) is 22.4 Å². The Labute approximate surface area is 318 Å². The molecule has 54 heavy (non-hydrogen) atoms. The quantitative estimate of drug-likeness (QED) is 0.142. The number of hydrogen-bond donors (Lipinski definition) is 2. The number of nitrogens with one attached hydrogen (secondary N) is 2. The van der Waals surface area contributed by atoms with Crippen molar-refractivity contribution in [1.82, 2.24) is 24.7 Å². The second-order valence-corrected chi connectivity index (χ2v) is 16.4. The topological polar surface area (TPSA) is 119 Å². The molecule has 2 aliphatic rings. The van der Waals surface area contributed by atoms with E-state index in [0.29, 0.717) is 37.4 Å². The van der Waals surface area contributed by atoms with Crippen LogP contribution in [0.5, 0.6) is 0 Å². The number of benzene rings is 4. The normalized spacial score (nSPS) is 17.8. The number of likely N-dealkylation sites (tertiary alicyclic amines) is 1. The molecule has 0 unspecified atom stereocenters. The Morgan fingerprint density at radius 3 is 2.11 bits per heavy atom. The van der Waals surface area contributed by atoms with Crippen LogP contribution in [0, 0.1) is 0 Å². The second-order valence-electron chi connectivity index (χ2n) is 14.1. The van der Waals surface area contributed by atoms with Gasteiger partial charge in [0.25, 0.3) is 5.91 Å². The van der Waals surface area contributed by atoms with Crippen molar-refractivity contribution in [2.45, 2.75) is 45.3 Å². The predicted octanol–water partition coefficient (Wildman–Crippen LogP) is 6.97. The minimum absolute atomic E-state index is 0.100. The van der Waals surface area contributed by atoms with Crippen molar-refractivity contribution in [2.24, 2.45) is 0 Å². The van der Waals surface area contributed by atoms with E-state index in [4.69, 9.17) is 4.98 Å². The number of likely N-dealkylation sites (N-methyl/N-ethyl adjacent to an activating group) is 1. The van der Waals surface area contributed by atoms with Crippen molar-refractivity contribution in [1.29, 1.82) is 0 Å². The maximum Gasteiger partial charge on any atom is 0.255 e. The maximum atomic E-state index is 14.2. The van der Waals surface area contributed by atoms with Crippen LogP contribution in [-0.4, -0.2) is 89.1 Å². The lowest BCUT2D eigenvalue weighted by atomic mass is 10.0. The summed E-state index contributed by atoms with van der Waals surface area (Å²) in [6.07, 6.45) is 3.66. The first-order valence-corrected chi connectivity index (χ1v) is 20.7. The Bertz CT molecular complexity index is 2130. The zero-order chi connectivity index (χ0) is 37.7. The average molecular weight is 745 g/mol. The molecule has 2 aliphatic heterocycles. The number of sulfone groups is 1. The van der Waals surface area contributed by atoms with E-state index in [2.05, 4.69) is 58.2 Å². The van der Waals surface area contributed by atoms with Gasteiger partial charge in [-0.25, -0.2) is 13.4 Å². The van der Waals surface area contributed by atoms with Gasteiger partial charge in [0, 0.05) is 37.4 Å². The lowest BCUT2D eigenvalue weighted by molar-refractivity contribution is -0.138. The summed E-state index contributed by atoms with van der Waals surface area (Å²) in [6, 6.07) is 33.2. The summed E-state index contributed by atoms with van der Waals surface area (Å²) >= 11 is 0. The highest BCUT2D eigenvalue weighted by Crippen LogP contribution is 2.36. The van der Waals surface area contributed by atoms with Crippen LogP contribution >= 0.6 is 0 Å². The zero-order valence-corrected chi connectivity index (χ0v) is 31.8. The number of anilines is 1. The van der Waals surface area contributed by atoms with E-state index in [9.17, 15) is 18.0 Å². The Kier molecular flexibility index (Phi) is 11.4. The first-order chi connectivity index (χ1) is 26.2. The molecular weight excluding hydrogens is 697 g/mol. The highest BCUT2D eigenvalue weighted by Gasteiger charge is 2.38. The largest absolute Gasteiger partial charge is 0.340 e. The van der Waals surface area contributed by atoms with Crippen molar-refractivity contribution >= 4 is 27.3 Å². The summed E-state index contributed by atoms with van der Waals surface area (Å²) in [4.78, 5) is 41.9. The van der Waals surface area contributed by atoms with Crippen LogP contribution in [0.3, 0.4) is 0 Å². The molecule has 280 valence electrons. The number of H-pyrrole nitrogens is 1. The number of hydrogen-bond acceptors (Lipinski definition) is 7. The second kappa shape index (κ2) is 16.5. The Morgan fingerprint density at radius 2 is 1.46 bits per heavy atom. The smallest absolute Gasteiger partial charge is 0.255 e. The molecule has 3 heterocycles. The molecule has 2 amide bonds. The summed E-state index contributed by atoms with van der Waals surface area (Å²) in [7, 11) is -2.90. The van der Waals surface area contributed by atoms with Gasteiger partial charge in [0.15, 0.2) is 9.84 Å². The van der Waals surface area contributed by atoms with Crippen molar-refractivity contribution in [3.05, 3.63) is 132 Å². The van der Waals surface area contributed by atoms with Crippen LogP contribution in [-0.2, 0) is 21.2 Å². The molecular formula is C43H48N6O4S. The van der Waals surface area contributed by atoms with E-state index in [1.54, 1.807) is 0 Å². The number of amides is 2. The minimum atomic E-state index is -2.90. The highest BCUT2D eigenvalue weighted by molar-refractivity contribution is 7.91. The predicted molar refractivity (Wildman–Crippen MR) is 214 cm³/mol. The van der Waals surface area contributed by atoms with Gasteiger partial charge in [0.05, 0.1) is 29.4 Å². The van der Waals surface area contributed by atoms with Crippen LogP contribution in [0.1, 0.15) is 66.1 Å². The molecule has 0 radical (unpaired) electrons. The molecule has 2 atom stereocenters. The molecule has 0 saturated carbocycles. The van der Waals surface area contributed by atoms with Gasteiger partial charge >= 0.3 is 0 Å². The maximum absolute atomic E-state index is 14.2. The third-order valence-electron chi connectivity index (χ3n) is 10.7. The van der Waals surface area contributed by atoms with Crippen LogP contribution in [0.25, 0.3) is 22.4 Å². The van der Waals surface area contributed by atoms with E-state index >= 15 is 0 Å². The SMILES string of the molecule is CCN(CC)[C@@H](C(=O)N1CCC[C@H]1c1ncc(-c2ccc(-c3ccc(C(=O)Nc4ccc(CN5CCS(=O)(=O)CC5)cc4)cc3)cc2)[nH]1)c1ccccc1. The van der Waals surface area contributed by atoms with E-state index < -0.39 is 9.84 Å². The Hall–Kier alpha value is -5.10. The summed E-state index contributed by atoms with van der Waals surface area (Å²) in [5.74, 6) is 1.16. The fraction of sp³-hybridized carbons (Fsp3) is 0.326. The van der Waals surface area contributed by atoms with E-state index in [-0.39, 0.29) is 35.4 Å². The Morgan fingerprint density at radius 1 is 0.833 bits per heavy atom. The molecule has 2 fully saturated rings. The van der Waals surface area contributed by atoms with Crippen molar-refractivity contribution < 1.29 is 18.0 Å². The molecule has 2 saturated heterocycles. The molecule has 1 aromatic heterocycles. The fourth-order valence-electron chi connectivity index (χ4n) is 7.58. The van der Waals surface area contributed by atoms with Gasteiger partial charge in [0.2, 0.25) is 5.91 Å². The highest BCUT2D eigenvalue weighted by atomic mass is 32.2. The molecule has 7 rings (SSSR count). The molecule has 11 heteroatoms. The van der Waals surface area contributed by atoms with Gasteiger partial charge < -0.3 is 15.2 Å². The summed E-state index contributed by atoms with van der Waals surface area (Å²) in [6.45, 7) is 8.27. The van der Waals surface area contributed by atoms with Gasteiger partial charge in [-0.3, -0.25) is 19.4 Å². The van der Waals surface area contributed by atoms with E-state index in [1.165, 1.54) is 0 Å². The summed E-state index contributed by atoms with van der Waals surface area (Å²) < 4.78 is 23.4. The molecule has 0 aliphatic carbocycles. The average Bonchev–Trinajstić information content (AvgIpc) is 3.90. The summed E-state index contributed by atoms with van der Waals surface area (Å²) in [5.41, 5.74) is 7.30. The van der Waals surface area contributed by atoms with Crippen molar-refractivity contribution in [3.63, 3.8) is 0 Å². The Balaban J connectivity index is 0.965. The first-order valence-electron chi connectivity index (χ1n) is 18.9. The van der Waals surface area contributed by atoms with Crippen molar-refractivity contribution in [2.75, 3.05) is 49.5 Å². The zero-order valence-electron chi connectivity index (χ0n) is 30.9. The summed E-state index contributed by atoms with van der Waals surface area (Å²) in [5, 5.41) is 2.97. The molecule has 5 aromatic rings. The molecule has 10 nitrogen and oxygen atoms in total. The monoisotopic (exact) mass is 744 g/mol. The third kappa shape index (κ3) is 8.49. The number of rotatable bonds is 12. The van der Waals surface area contributed by atoms with Gasteiger partial charge in [-0.2, -0.15) is 0 Å². The number of aromatic nitrogens is 2. The van der Waals surface area contributed by atoms with E-state index in [1.807, 2.05) is 90.0 Å². The molecule has 0 spiro atoms. The van der Waals surface area contributed by atoms with Gasteiger partial charge in [-0.05, 0) is 78.0 Å². The number of carbonyl (C=O) groups excluding carboxylic acids is 2. The number of carbonyl (C=O) groups is 2. The first kappa shape index (κ1) is 37.2. The molecule has 4 aromatic carbocycles. The third-order valence-corrected chi connectivity index (χ3v) is 12.3. The minimum Gasteiger partial charge on any atom is -0.340 e. The lowest BCUT2D eigenvalue weighted by Crippen LogP contribution is -2.43. The molecule has 2 N–H and O–H groups in total. The van der Waals surface area contributed by atoms with Crippen LogP contribution in [0.4, 0.5) is 5.69 Å². The molecule has 0 bridgehead atoms. The van der Waals surface area contributed by atoms with Gasteiger partial charge in [-0.15, -0.1) is 0 Å². The van der Waals surface area contributed by atoms with Gasteiger partial charge in [0.1, 0.15) is 11.9 Å². The number of nitrogens with zero attached hydrogens (tertiary/aromatic N) is 4. The van der Waals surface area contributed by atoms with Crippen LogP contribution < -0.4 is 5.32 Å². The van der Waals surface area contributed by atoms with Crippen LogP contribution in [0.15, 0.2) is 109 Å². The standard InChI is InChI=1S/C43H48N6O4S/c1-3-48(4-2)40(35-9-6-5-7-10-35)43(51)49-24-8-11-39(49)41-44-29-38(46-41)34-18-14-32(15-19-34)33-16-20-36(21-17-33)42(50)45-37-22-12-31(13-23-37)30-47-25-27-54(52,53)28-26-47/h5-7,9-10,12-23,29,39-40H,3-4,8,11,24-28,30H2,1-2H3,(H,44,46)(H,45,50)/t39-,40+/m0/s1. The number of aromatic amines is 1. The fourth-order valence-corrected chi connectivity index (χ4v) is 8.85. The lowest BCUT2D eigenvalue weighted by Gasteiger charge is -2.34. The van der Waals surface area contributed by atoms with Gasteiger partial charge in [-0.1, -0.05) is 92.7 Å². The van der Waals surface area contributed by atoms with E-state index in [0.717, 1.165) is 65.3 Å². The van der Waals surface area contributed by atoms with Crippen LogP contribution in [0.2, 0.25) is 0 Å². The number of imidazole rings is 1.